The molecule has 4 heteroatoms. The van der Waals surface area contributed by atoms with Gasteiger partial charge in [0.15, 0.2) is 0 Å². The highest BCUT2D eigenvalue weighted by Gasteiger charge is 2.10. The van der Waals surface area contributed by atoms with E-state index in [1.807, 2.05) is 31.2 Å². The standard InChI is InChI=1S/C19H15NO3/c1-12-10-20(17-9-15(19(21)22)3-4-16(12)17)11-13-2-5-18-14(8-13)6-7-23-18/h2-10H,11H2,1H3,(H,21,22). The van der Waals surface area contributed by atoms with Gasteiger partial charge < -0.3 is 14.1 Å². The summed E-state index contributed by atoms with van der Waals surface area (Å²) >= 11 is 0. The minimum absolute atomic E-state index is 0.308. The summed E-state index contributed by atoms with van der Waals surface area (Å²) in [6.07, 6.45) is 3.75. The van der Waals surface area contributed by atoms with E-state index in [1.54, 1.807) is 18.4 Å². The second kappa shape index (κ2) is 5.02. The van der Waals surface area contributed by atoms with E-state index in [2.05, 4.69) is 16.8 Å². The van der Waals surface area contributed by atoms with Crippen molar-refractivity contribution in [2.45, 2.75) is 13.5 Å². The van der Waals surface area contributed by atoms with Crippen LogP contribution in [0.15, 0.2) is 59.3 Å². The summed E-state index contributed by atoms with van der Waals surface area (Å²) in [6, 6.07) is 13.3. The van der Waals surface area contributed by atoms with Crippen molar-refractivity contribution >= 4 is 27.8 Å². The molecular formula is C19H15NO3. The number of furan rings is 1. The largest absolute Gasteiger partial charge is 0.478 e. The van der Waals surface area contributed by atoms with Gasteiger partial charge in [-0.1, -0.05) is 12.1 Å². The first-order chi connectivity index (χ1) is 11.1. The van der Waals surface area contributed by atoms with Crippen LogP contribution in [0, 0.1) is 6.92 Å². The molecule has 4 rings (SSSR count). The second-order valence-corrected chi connectivity index (χ2v) is 5.77. The maximum atomic E-state index is 11.2. The molecule has 0 atom stereocenters. The number of carboxylic acids is 1. The van der Waals surface area contributed by atoms with Gasteiger partial charge >= 0.3 is 5.97 Å². The molecule has 4 nitrogen and oxygen atoms in total. The van der Waals surface area contributed by atoms with Crippen molar-refractivity contribution in [2.24, 2.45) is 0 Å². The van der Waals surface area contributed by atoms with Crippen LogP contribution in [0.1, 0.15) is 21.5 Å². The number of hydrogen-bond acceptors (Lipinski definition) is 2. The molecule has 114 valence electrons. The van der Waals surface area contributed by atoms with Crippen LogP contribution in [0.2, 0.25) is 0 Å². The molecule has 0 radical (unpaired) electrons. The molecule has 2 heterocycles. The van der Waals surface area contributed by atoms with Crippen LogP contribution in [0.25, 0.3) is 21.9 Å². The van der Waals surface area contributed by atoms with Crippen LogP contribution < -0.4 is 0 Å². The fourth-order valence-corrected chi connectivity index (χ4v) is 3.05. The summed E-state index contributed by atoms with van der Waals surface area (Å²) in [5.74, 6) is -0.905. The molecule has 0 amide bonds. The van der Waals surface area contributed by atoms with Crippen molar-refractivity contribution < 1.29 is 14.3 Å². The molecule has 0 aliphatic carbocycles. The first-order valence-electron chi connectivity index (χ1n) is 7.41. The van der Waals surface area contributed by atoms with Gasteiger partial charge in [-0.15, -0.1) is 0 Å². The first kappa shape index (κ1) is 13.6. The lowest BCUT2D eigenvalue weighted by molar-refractivity contribution is 0.0697. The van der Waals surface area contributed by atoms with Crippen molar-refractivity contribution in [3.05, 3.63) is 71.6 Å². The highest BCUT2D eigenvalue weighted by molar-refractivity contribution is 5.94. The Hall–Kier alpha value is -3.01. The number of carboxylic acid groups (broad SMARTS) is 1. The Morgan fingerprint density at radius 1 is 1.17 bits per heavy atom. The number of nitrogens with zero attached hydrogens (tertiary/aromatic N) is 1. The molecule has 1 N–H and O–H groups in total. The summed E-state index contributed by atoms with van der Waals surface area (Å²) < 4.78 is 7.46. The van der Waals surface area contributed by atoms with E-state index in [9.17, 15) is 9.90 Å². The predicted octanol–water partition coefficient (Wildman–Crippen LogP) is 4.44. The molecule has 0 aliphatic heterocycles. The van der Waals surface area contributed by atoms with E-state index >= 15 is 0 Å². The lowest BCUT2D eigenvalue weighted by atomic mass is 10.1. The molecule has 0 bridgehead atoms. The van der Waals surface area contributed by atoms with Gasteiger partial charge in [0.2, 0.25) is 0 Å². The molecule has 0 spiro atoms. The fraction of sp³-hybridized carbons (Fsp3) is 0.105. The van der Waals surface area contributed by atoms with Crippen LogP contribution in [0.5, 0.6) is 0 Å². The number of rotatable bonds is 3. The van der Waals surface area contributed by atoms with Crippen molar-refractivity contribution in [1.82, 2.24) is 4.57 Å². The third-order valence-electron chi connectivity index (χ3n) is 4.20. The van der Waals surface area contributed by atoms with E-state index in [0.29, 0.717) is 12.1 Å². The lowest BCUT2D eigenvalue weighted by Crippen LogP contribution is -2.00. The zero-order valence-electron chi connectivity index (χ0n) is 12.6. The maximum absolute atomic E-state index is 11.2. The van der Waals surface area contributed by atoms with E-state index in [4.69, 9.17) is 4.42 Å². The molecule has 0 fully saturated rings. The average Bonchev–Trinajstić information content (AvgIpc) is 3.12. The molecule has 0 unspecified atom stereocenters. The summed E-state index contributed by atoms with van der Waals surface area (Å²) in [4.78, 5) is 11.2. The first-order valence-corrected chi connectivity index (χ1v) is 7.41. The Labute approximate surface area is 132 Å². The molecule has 0 aliphatic rings. The van der Waals surface area contributed by atoms with Crippen LogP contribution in [-0.2, 0) is 6.54 Å². The van der Waals surface area contributed by atoms with Crippen LogP contribution in [-0.4, -0.2) is 15.6 Å². The van der Waals surface area contributed by atoms with E-state index in [-0.39, 0.29) is 0 Å². The van der Waals surface area contributed by atoms with Gasteiger partial charge in [-0.05, 0) is 48.4 Å². The second-order valence-electron chi connectivity index (χ2n) is 5.77. The number of benzene rings is 2. The lowest BCUT2D eigenvalue weighted by Gasteiger charge is -2.06. The Kier molecular flexibility index (Phi) is 2.98. The SMILES string of the molecule is Cc1cn(Cc2ccc3occc3c2)c2cc(C(=O)O)ccc12. The Balaban J connectivity index is 1.80. The minimum atomic E-state index is -0.905. The summed E-state index contributed by atoms with van der Waals surface area (Å²) in [7, 11) is 0. The molecule has 23 heavy (non-hydrogen) atoms. The van der Waals surface area contributed by atoms with Crippen molar-refractivity contribution in [2.75, 3.05) is 0 Å². The topological polar surface area (TPSA) is 55.4 Å². The number of carbonyl (C=O) groups is 1. The molecule has 2 aromatic heterocycles. The Bertz CT molecular complexity index is 1040. The van der Waals surface area contributed by atoms with Crippen molar-refractivity contribution in [1.29, 1.82) is 0 Å². The summed E-state index contributed by atoms with van der Waals surface area (Å²) in [6.45, 7) is 2.73. The van der Waals surface area contributed by atoms with Crippen LogP contribution >= 0.6 is 0 Å². The van der Waals surface area contributed by atoms with Crippen LogP contribution in [0.3, 0.4) is 0 Å². The van der Waals surface area contributed by atoms with Gasteiger partial charge in [0, 0.05) is 29.0 Å². The normalized spacial score (nSPS) is 11.3. The number of aromatic nitrogens is 1. The quantitative estimate of drug-likeness (QED) is 0.608. The maximum Gasteiger partial charge on any atom is 0.335 e. The third kappa shape index (κ3) is 2.28. The fourth-order valence-electron chi connectivity index (χ4n) is 3.05. The van der Waals surface area contributed by atoms with Crippen molar-refractivity contribution in [3.8, 4) is 0 Å². The Morgan fingerprint density at radius 3 is 2.87 bits per heavy atom. The van der Waals surface area contributed by atoms with E-state index < -0.39 is 5.97 Å². The van der Waals surface area contributed by atoms with Crippen molar-refractivity contribution in [3.63, 3.8) is 0 Å². The number of fused-ring (bicyclic) bond motifs is 2. The van der Waals surface area contributed by atoms with Gasteiger partial charge in [-0.2, -0.15) is 0 Å². The monoisotopic (exact) mass is 305 g/mol. The predicted molar refractivity (Wildman–Crippen MR) is 89.0 cm³/mol. The third-order valence-corrected chi connectivity index (χ3v) is 4.20. The summed E-state index contributed by atoms with van der Waals surface area (Å²) in [5.41, 5.74) is 4.41. The summed E-state index contributed by atoms with van der Waals surface area (Å²) in [5, 5.41) is 11.4. The zero-order valence-corrected chi connectivity index (χ0v) is 12.6. The van der Waals surface area contributed by atoms with E-state index in [1.165, 1.54) is 0 Å². The molecule has 0 saturated carbocycles. The van der Waals surface area contributed by atoms with Crippen LogP contribution in [0.4, 0.5) is 0 Å². The zero-order chi connectivity index (χ0) is 16.0. The highest BCUT2D eigenvalue weighted by atomic mass is 16.4. The van der Waals surface area contributed by atoms with Gasteiger partial charge in [0.05, 0.1) is 11.8 Å². The smallest absolute Gasteiger partial charge is 0.335 e. The molecular weight excluding hydrogens is 290 g/mol. The van der Waals surface area contributed by atoms with Gasteiger partial charge in [-0.3, -0.25) is 0 Å². The molecule has 4 aromatic rings. The average molecular weight is 305 g/mol. The van der Waals surface area contributed by atoms with Gasteiger partial charge in [0.25, 0.3) is 0 Å². The molecule has 2 aromatic carbocycles. The Morgan fingerprint density at radius 2 is 2.04 bits per heavy atom. The number of aromatic carboxylic acids is 1. The minimum Gasteiger partial charge on any atom is -0.478 e. The number of aryl methyl sites for hydroxylation is 1. The molecule has 0 saturated heterocycles. The van der Waals surface area contributed by atoms with Gasteiger partial charge in [-0.25, -0.2) is 4.79 Å². The van der Waals surface area contributed by atoms with Gasteiger partial charge in [0.1, 0.15) is 5.58 Å². The highest BCUT2D eigenvalue weighted by Crippen LogP contribution is 2.24. The number of hydrogen-bond donors (Lipinski definition) is 1. The van der Waals surface area contributed by atoms with E-state index in [0.717, 1.165) is 33.0 Å².